The fourth-order valence-corrected chi connectivity index (χ4v) is 1.86. The molecule has 0 aromatic heterocycles. The summed E-state index contributed by atoms with van der Waals surface area (Å²) in [6.07, 6.45) is 1.05. The Balaban J connectivity index is 0.00000361. The highest BCUT2D eigenvalue weighted by Gasteiger charge is 1.98. The number of likely N-dealkylation sites (N-methyl/N-ethyl adjacent to an activating group) is 1. The topological polar surface area (TPSA) is 53.6 Å². The smallest absolute Gasteiger partial charge is 0.193 e. The van der Waals surface area contributed by atoms with Gasteiger partial charge in [0.05, 0.1) is 6.54 Å². The van der Waals surface area contributed by atoms with E-state index in [1.165, 1.54) is 5.56 Å². The number of nitrogens with one attached hydrogen (secondary N) is 1. The van der Waals surface area contributed by atoms with Crippen molar-refractivity contribution in [1.29, 1.82) is 0 Å². The lowest BCUT2D eigenvalue weighted by atomic mass is 10.1. The summed E-state index contributed by atoms with van der Waals surface area (Å²) in [5.41, 5.74) is 8.17. The highest BCUT2D eigenvalue weighted by atomic mass is 127. The first kappa shape index (κ1) is 19.2. The quantitative estimate of drug-likeness (QED) is 0.428. The molecule has 0 bridgehead atoms. The van der Waals surface area contributed by atoms with Crippen molar-refractivity contribution in [2.75, 3.05) is 31.5 Å². The monoisotopic (exact) mass is 390 g/mol. The van der Waals surface area contributed by atoms with E-state index >= 15 is 0 Å². The maximum Gasteiger partial charge on any atom is 0.193 e. The molecule has 4 nitrogen and oxygen atoms in total. The van der Waals surface area contributed by atoms with Gasteiger partial charge in [-0.1, -0.05) is 32.9 Å². The van der Waals surface area contributed by atoms with Crippen LogP contribution in [-0.2, 0) is 6.42 Å². The number of rotatable bonds is 7. The lowest BCUT2D eigenvalue weighted by molar-refractivity contribution is 0.313. The van der Waals surface area contributed by atoms with E-state index in [2.05, 4.69) is 48.1 Å². The van der Waals surface area contributed by atoms with E-state index in [1.807, 2.05) is 12.1 Å². The minimum absolute atomic E-state index is 0. The Kier molecular flexibility index (Phi) is 10.5. The summed E-state index contributed by atoms with van der Waals surface area (Å²) in [5, 5.41) is 3.11. The number of aryl methyl sites for hydroxylation is 1. The molecule has 1 aromatic rings. The lowest BCUT2D eigenvalue weighted by Crippen LogP contribution is -2.28. The van der Waals surface area contributed by atoms with Crippen molar-refractivity contribution in [3.8, 4) is 0 Å². The number of hydrogen-bond acceptors (Lipinski definition) is 2. The molecule has 0 amide bonds. The molecular weight excluding hydrogens is 363 g/mol. The average Bonchev–Trinajstić information content (AvgIpc) is 2.44. The van der Waals surface area contributed by atoms with E-state index < -0.39 is 0 Å². The van der Waals surface area contributed by atoms with E-state index in [4.69, 9.17) is 5.73 Å². The van der Waals surface area contributed by atoms with Crippen LogP contribution in [-0.4, -0.2) is 37.0 Å². The molecule has 114 valence electrons. The van der Waals surface area contributed by atoms with Crippen molar-refractivity contribution in [2.45, 2.75) is 27.2 Å². The number of guanidine groups is 1. The van der Waals surface area contributed by atoms with Crippen LogP contribution in [0.15, 0.2) is 29.3 Å². The second kappa shape index (κ2) is 10.9. The predicted octanol–water partition coefficient (Wildman–Crippen LogP) is 2.94. The Bertz CT molecular complexity index is 385. The van der Waals surface area contributed by atoms with Crippen LogP contribution in [0.4, 0.5) is 5.69 Å². The molecule has 0 atom stereocenters. The second-order valence-electron chi connectivity index (χ2n) is 4.47. The molecular formula is C15H27IN4. The number of anilines is 1. The SMILES string of the molecule is CCc1ccc(NC(N)=NCCN(CC)CC)cc1.I. The van der Waals surface area contributed by atoms with Gasteiger partial charge in [0.2, 0.25) is 0 Å². The molecule has 0 radical (unpaired) electrons. The van der Waals surface area contributed by atoms with Crippen LogP contribution >= 0.6 is 24.0 Å². The van der Waals surface area contributed by atoms with Crippen LogP contribution in [0.2, 0.25) is 0 Å². The van der Waals surface area contributed by atoms with Crippen molar-refractivity contribution >= 4 is 35.6 Å². The van der Waals surface area contributed by atoms with Crippen LogP contribution < -0.4 is 11.1 Å². The summed E-state index contributed by atoms with van der Waals surface area (Å²) in [6.45, 7) is 10.2. The minimum atomic E-state index is 0. The summed E-state index contributed by atoms with van der Waals surface area (Å²) in [4.78, 5) is 6.67. The van der Waals surface area contributed by atoms with Gasteiger partial charge in [-0.25, -0.2) is 0 Å². The molecule has 1 aromatic carbocycles. The third-order valence-corrected chi connectivity index (χ3v) is 3.23. The van der Waals surface area contributed by atoms with Crippen molar-refractivity contribution < 1.29 is 0 Å². The van der Waals surface area contributed by atoms with Gasteiger partial charge in [-0.3, -0.25) is 4.99 Å². The Hall–Kier alpha value is -0.820. The molecule has 0 fully saturated rings. The van der Waals surface area contributed by atoms with Gasteiger partial charge >= 0.3 is 0 Å². The summed E-state index contributed by atoms with van der Waals surface area (Å²) in [5.74, 6) is 0.483. The molecule has 0 spiro atoms. The molecule has 0 unspecified atom stereocenters. The number of nitrogens with zero attached hydrogens (tertiary/aromatic N) is 2. The molecule has 0 aliphatic carbocycles. The fraction of sp³-hybridized carbons (Fsp3) is 0.533. The van der Waals surface area contributed by atoms with Crippen molar-refractivity contribution in [3.05, 3.63) is 29.8 Å². The van der Waals surface area contributed by atoms with Gasteiger partial charge in [0.1, 0.15) is 0 Å². The number of halogens is 1. The molecule has 0 saturated heterocycles. The molecule has 20 heavy (non-hydrogen) atoms. The number of nitrogens with two attached hydrogens (primary N) is 1. The van der Waals surface area contributed by atoms with Gasteiger partial charge in [0.15, 0.2) is 5.96 Å². The van der Waals surface area contributed by atoms with Crippen LogP contribution in [0.5, 0.6) is 0 Å². The molecule has 0 aliphatic heterocycles. The number of hydrogen-bond donors (Lipinski definition) is 2. The van der Waals surface area contributed by atoms with Crippen LogP contribution in [0.25, 0.3) is 0 Å². The van der Waals surface area contributed by atoms with Crippen LogP contribution in [0.1, 0.15) is 26.3 Å². The standard InChI is InChI=1S/C15H26N4.HI/c1-4-13-7-9-14(10-8-13)18-15(16)17-11-12-19(5-2)6-3;/h7-10H,4-6,11-12H2,1-3H3,(H3,16,17,18);1H. The maximum absolute atomic E-state index is 5.87. The Morgan fingerprint density at radius 2 is 1.75 bits per heavy atom. The van der Waals surface area contributed by atoms with E-state index in [9.17, 15) is 0 Å². The van der Waals surface area contributed by atoms with Gasteiger partial charge in [-0.2, -0.15) is 0 Å². The normalized spacial score (nSPS) is 11.3. The van der Waals surface area contributed by atoms with Gasteiger partial charge in [-0.15, -0.1) is 24.0 Å². The lowest BCUT2D eigenvalue weighted by Gasteiger charge is -2.16. The van der Waals surface area contributed by atoms with E-state index in [1.54, 1.807) is 0 Å². The average molecular weight is 390 g/mol. The number of benzene rings is 1. The summed E-state index contributed by atoms with van der Waals surface area (Å²) in [6, 6.07) is 8.27. The Morgan fingerprint density at radius 3 is 2.25 bits per heavy atom. The largest absolute Gasteiger partial charge is 0.370 e. The zero-order valence-corrected chi connectivity index (χ0v) is 15.1. The molecule has 0 saturated carbocycles. The van der Waals surface area contributed by atoms with Crippen LogP contribution in [0, 0.1) is 0 Å². The Morgan fingerprint density at radius 1 is 1.15 bits per heavy atom. The Labute approximate surface area is 139 Å². The minimum Gasteiger partial charge on any atom is -0.370 e. The zero-order valence-electron chi connectivity index (χ0n) is 12.7. The van der Waals surface area contributed by atoms with Crippen molar-refractivity contribution in [1.82, 2.24) is 4.90 Å². The van der Waals surface area contributed by atoms with E-state index in [0.29, 0.717) is 5.96 Å². The van der Waals surface area contributed by atoms with Gasteiger partial charge in [-0.05, 0) is 37.2 Å². The first-order chi connectivity index (χ1) is 9.19. The first-order valence-corrected chi connectivity index (χ1v) is 7.07. The summed E-state index contributed by atoms with van der Waals surface area (Å²) >= 11 is 0. The molecule has 5 heteroatoms. The summed E-state index contributed by atoms with van der Waals surface area (Å²) in [7, 11) is 0. The number of aliphatic imine (C=N–C) groups is 1. The first-order valence-electron chi connectivity index (χ1n) is 7.07. The van der Waals surface area contributed by atoms with Gasteiger partial charge in [0.25, 0.3) is 0 Å². The molecule has 0 heterocycles. The van der Waals surface area contributed by atoms with Crippen LogP contribution in [0.3, 0.4) is 0 Å². The fourth-order valence-electron chi connectivity index (χ4n) is 1.86. The predicted molar refractivity (Wildman–Crippen MR) is 99.1 cm³/mol. The van der Waals surface area contributed by atoms with Crippen molar-refractivity contribution in [3.63, 3.8) is 0 Å². The van der Waals surface area contributed by atoms with Gasteiger partial charge < -0.3 is 16.0 Å². The van der Waals surface area contributed by atoms with E-state index in [0.717, 1.165) is 38.3 Å². The third kappa shape index (κ3) is 7.09. The van der Waals surface area contributed by atoms with Crippen molar-refractivity contribution in [2.24, 2.45) is 10.7 Å². The molecule has 3 N–H and O–H groups in total. The zero-order chi connectivity index (χ0) is 14.1. The highest BCUT2D eigenvalue weighted by molar-refractivity contribution is 14.0. The second-order valence-corrected chi connectivity index (χ2v) is 4.47. The third-order valence-electron chi connectivity index (χ3n) is 3.23. The molecule has 1 rings (SSSR count). The maximum atomic E-state index is 5.87. The molecule has 0 aliphatic rings. The van der Waals surface area contributed by atoms with E-state index in [-0.39, 0.29) is 24.0 Å². The summed E-state index contributed by atoms with van der Waals surface area (Å²) < 4.78 is 0. The highest BCUT2D eigenvalue weighted by Crippen LogP contribution is 2.09. The van der Waals surface area contributed by atoms with Gasteiger partial charge in [0, 0.05) is 12.2 Å².